The quantitative estimate of drug-likeness (QED) is 0.431. The van der Waals surface area contributed by atoms with Crippen LogP contribution in [-0.2, 0) is 16.4 Å². The van der Waals surface area contributed by atoms with Gasteiger partial charge in [0.25, 0.3) is 5.91 Å². The lowest BCUT2D eigenvalue weighted by Gasteiger charge is -2.14. The molecule has 31 heavy (non-hydrogen) atoms. The van der Waals surface area contributed by atoms with Crippen LogP contribution in [0.4, 0.5) is 0 Å². The second-order valence-corrected chi connectivity index (χ2v) is 9.04. The first kappa shape index (κ1) is 22.6. The number of carbonyl (C=O) groups excluding carboxylic acids is 1. The fourth-order valence-electron chi connectivity index (χ4n) is 3.35. The van der Waals surface area contributed by atoms with Gasteiger partial charge in [0, 0.05) is 17.3 Å². The molecule has 0 aliphatic rings. The molecule has 9 nitrogen and oxygen atoms in total. The second kappa shape index (κ2) is 9.38. The summed E-state index contributed by atoms with van der Waals surface area (Å²) in [6.45, 7) is 2.07. The summed E-state index contributed by atoms with van der Waals surface area (Å²) in [5.74, 6) is -0.592. The molecule has 0 aliphatic heterocycles. The number of hydrogen-bond acceptors (Lipinski definition) is 6. The van der Waals surface area contributed by atoms with Gasteiger partial charge in [-0.25, -0.2) is 13.1 Å². The Morgan fingerprint density at radius 3 is 2.48 bits per heavy atom. The predicted octanol–water partition coefficient (Wildman–Crippen LogP) is 1.88. The highest BCUT2D eigenvalue weighted by Crippen LogP contribution is 2.31. The molecule has 10 heteroatoms. The number of nitrogens with two attached hydrogens (primary N) is 2. The van der Waals surface area contributed by atoms with Gasteiger partial charge < -0.3 is 11.5 Å². The zero-order valence-corrected chi connectivity index (χ0v) is 18.3. The summed E-state index contributed by atoms with van der Waals surface area (Å²) in [6, 6.07) is 10.8. The highest BCUT2D eigenvalue weighted by Gasteiger charge is 2.23. The Morgan fingerprint density at radius 1 is 1.23 bits per heavy atom. The Hall–Kier alpha value is -3.08. The predicted molar refractivity (Wildman–Crippen MR) is 119 cm³/mol. The lowest BCUT2D eigenvalue weighted by atomic mass is 9.99. The number of amides is 1. The minimum absolute atomic E-state index is 0.229. The highest BCUT2D eigenvalue weighted by atomic mass is 32.2. The third kappa shape index (κ3) is 5.35. The number of benzene rings is 1. The van der Waals surface area contributed by atoms with Crippen molar-refractivity contribution >= 4 is 15.9 Å². The molecule has 3 rings (SSSR count). The lowest BCUT2D eigenvalue weighted by molar-refractivity contribution is 0.0994. The van der Waals surface area contributed by atoms with Crippen molar-refractivity contribution in [2.24, 2.45) is 11.5 Å². The van der Waals surface area contributed by atoms with E-state index < -0.39 is 22.1 Å². The van der Waals surface area contributed by atoms with Gasteiger partial charge in [0.05, 0.1) is 30.0 Å². The molecular weight excluding hydrogens is 416 g/mol. The zero-order valence-electron chi connectivity index (χ0n) is 17.4. The summed E-state index contributed by atoms with van der Waals surface area (Å²) in [6.07, 6.45) is 5.96. The number of pyridine rings is 1. The summed E-state index contributed by atoms with van der Waals surface area (Å²) < 4.78 is 26.9. The molecule has 0 bridgehead atoms. The normalized spacial score (nSPS) is 12.6. The average Bonchev–Trinajstić information content (AvgIpc) is 3.11. The Bertz CT molecular complexity index is 1160. The molecule has 164 valence electrons. The molecule has 1 aromatic carbocycles. The first-order chi connectivity index (χ1) is 14.7. The van der Waals surface area contributed by atoms with Crippen LogP contribution in [0.2, 0.25) is 0 Å². The van der Waals surface area contributed by atoms with Crippen LogP contribution >= 0.6 is 0 Å². The van der Waals surface area contributed by atoms with E-state index in [9.17, 15) is 13.2 Å². The Labute approximate surface area is 181 Å². The van der Waals surface area contributed by atoms with Gasteiger partial charge in [-0.05, 0) is 30.5 Å². The number of nitrogens with one attached hydrogen (secondary N) is 1. The van der Waals surface area contributed by atoms with Gasteiger partial charge in [-0.2, -0.15) is 9.82 Å². The number of sulfonamides is 1. The first-order valence-electron chi connectivity index (χ1n) is 9.86. The maximum absolute atomic E-state index is 12.1. The maximum Gasteiger partial charge on any atom is 0.269 e. The SMILES string of the molecule is CCCCc1c(C(N)=O)nn(-c2cccnc2)c1-c1ccc(C(N)NS(C)(=O)=O)cc1. The topological polar surface area (TPSA) is 146 Å². The standard InChI is InChI=1S/C21H26N6O3S/c1-3-4-7-17-18(21(23)28)25-27(16-6-5-12-24-13-16)19(17)14-8-10-15(11-9-14)20(22)26-31(2,29)30/h5-6,8-13,20,26H,3-4,7,22H2,1-2H3,(H2,23,28). The molecule has 1 unspecified atom stereocenters. The second-order valence-electron chi connectivity index (χ2n) is 7.26. The number of primary amides is 1. The van der Waals surface area contributed by atoms with Crippen molar-refractivity contribution in [3.8, 4) is 16.9 Å². The van der Waals surface area contributed by atoms with Crippen LogP contribution in [0.3, 0.4) is 0 Å². The average molecular weight is 443 g/mol. The van der Waals surface area contributed by atoms with Crippen molar-refractivity contribution in [1.82, 2.24) is 19.5 Å². The first-order valence-corrected chi connectivity index (χ1v) is 11.8. The molecule has 1 amide bonds. The summed E-state index contributed by atoms with van der Waals surface area (Å²) in [4.78, 5) is 16.3. The number of aromatic nitrogens is 3. The van der Waals surface area contributed by atoms with Crippen LogP contribution in [0.25, 0.3) is 16.9 Å². The molecule has 0 spiro atoms. The Balaban J connectivity index is 2.13. The number of carbonyl (C=O) groups is 1. The Morgan fingerprint density at radius 2 is 1.94 bits per heavy atom. The van der Waals surface area contributed by atoms with Crippen molar-refractivity contribution in [1.29, 1.82) is 0 Å². The van der Waals surface area contributed by atoms with E-state index in [0.717, 1.165) is 35.9 Å². The van der Waals surface area contributed by atoms with Crippen molar-refractivity contribution in [3.63, 3.8) is 0 Å². The van der Waals surface area contributed by atoms with E-state index in [1.165, 1.54) is 0 Å². The summed E-state index contributed by atoms with van der Waals surface area (Å²) in [5.41, 5.74) is 15.4. The monoisotopic (exact) mass is 442 g/mol. The molecule has 5 N–H and O–H groups in total. The van der Waals surface area contributed by atoms with E-state index in [2.05, 4.69) is 21.7 Å². The lowest BCUT2D eigenvalue weighted by Crippen LogP contribution is -2.33. The molecule has 0 aliphatic carbocycles. The van der Waals surface area contributed by atoms with Crippen molar-refractivity contribution in [2.45, 2.75) is 32.4 Å². The molecule has 3 aromatic rings. The molecule has 1 atom stereocenters. The zero-order chi connectivity index (χ0) is 22.6. The van der Waals surface area contributed by atoms with Gasteiger partial charge in [0.1, 0.15) is 0 Å². The molecule has 0 radical (unpaired) electrons. The van der Waals surface area contributed by atoms with Gasteiger partial charge in [0.2, 0.25) is 10.0 Å². The summed E-state index contributed by atoms with van der Waals surface area (Å²) in [7, 11) is -3.45. The molecule has 2 heterocycles. The number of nitrogens with zero attached hydrogens (tertiary/aromatic N) is 3. The van der Waals surface area contributed by atoms with E-state index in [1.54, 1.807) is 35.3 Å². The molecular formula is C21H26N6O3S. The van der Waals surface area contributed by atoms with E-state index in [4.69, 9.17) is 11.5 Å². The van der Waals surface area contributed by atoms with E-state index in [-0.39, 0.29) is 5.69 Å². The molecule has 0 saturated carbocycles. The van der Waals surface area contributed by atoms with Gasteiger partial charge in [-0.15, -0.1) is 0 Å². The van der Waals surface area contributed by atoms with Gasteiger partial charge in [0.15, 0.2) is 5.69 Å². The van der Waals surface area contributed by atoms with Crippen LogP contribution in [0.15, 0.2) is 48.8 Å². The number of rotatable bonds is 9. The van der Waals surface area contributed by atoms with E-state index in [1.807, 2.05) is 18.2 Å². The summed E-state index contributed by atoms with van der Waals surface area (Å²) >= 11 is 0. The van der Waals surface area contributed by atoms with Gasteiger partial charge in [-0.3, -0.25) is 9.78 Å². The van der Waals surface area contributed by atoms with E-state index >= 15 is 0 Å². The maximum atomic E-state index is 12.1. The van der Waals surface area contributed by atoms with Crippen molar-refractivity contribution in [2.75, 3.05) is 6.26 Å². The largest absolute Gasteiger partial charge is 0.364 e. The van der Waals surface area contributed by atoms with Crippen LogP contribution < -0.4 is 16.2 Å². The van der Waals surface area contributed by atoms with Crippen molar-refractivity contribution < 1.29 is 13.2 Å². The Kier molecular flexibility index (Phi) is 6.84. The third-order valence-corrected chi connectivity index (χ3v) is 5.45. The fraction of sp³-hybridized carbons (Fsp3) is 0.286. The van der Waals surface area contributed by atoms with E-state index in [0.29, 0.717) is 17.7 Å². The summed E-state index contributed by atoms with van der Waals surface area (Å²) in [5, 5.41) is 4.50. The van der Waals surface area contributed by atoms with Crippen LogP contribution in [0, 0.1) is 0 Å². The smallest absolute Gasteiger partial charge is 0.269 e. The van der Waals surface area contributed by atoms with Crippen LogP contribution in [0.5, 0.6) is 0 Å². The van der Waals surface area contributed by atoms with Gasteiger partial charge in [-0.1, -0.05) is 37.6 Å². The molecule has 0 saturated heterocycles. The highest BCUT2D eigenvalue weighted by molar-refractivity contribution is 7.88. The molecule has 2 aromatic heterocycles. The minimum Gasteiger partial charge on any atom is -0.364 e. The number of unbranched alkanes of at least 4 members (excludes halogenated alkanes) is 1. The van der Waals surface area contributed by atoms with Crippen molar-refractivity contribution in [3.05, 3.63) is 65.6 Å². The molecule has 0 fully saturated rings. The van der Waals surface area contributed by atoms with Gasteiger partial charge >= 0.3 is 0 Å². The minimum atomic E-state index is -3.45. The number of hydrogen-bond donors (Lipinski definition) is 3. The fourth-order valence-corrected chi connectivity index (χ4v) is 3.95. The third-order valence-electron chi connectivity index (χ3n) is 4.77. The van der Waals surface area contributed by atoms with Crippen LogP contribution in [0.1, 0.15) is 47.5 Å². The van der Waals surface area contributed by atoms with Crippen LogP contribution in [-0.4, -0.2) is 35.3 Å².